The van der Waals surface area contributed by atoms with Crippen LogP contribution in [0.3, 0.4) is 0 Å². The number of piperidine rings is 1. The second-order valence-corrected chi connectivity index (χ2v) is 9.54. The van der Waals surface area contributed by atoms with Crippen LogP contribution in [0.25, 0.3) is 0 Å². The maximum atomic E-state index is 12.5. The van der Waals surface area contributed by atoms with Crippen molar-refractivity contribution >= 4 is 39.7 Å². The fraction of sp³-hybridized carbons (Fsp3) is 0.381. The number of anilines is 2. The van der Waals surface area contributed by atoms with Crippen LogP contribution < -0.4 is 15.4 Å². The molecule has 1 saturated carbocycles. The largest absolute Gasteiger partial charge is 0.326 e. The van der Waals surface area contributed by atoms with E-state index in [4.69, 9.17) is 0 Å². The molecule has 156 valence electrons. The zero-order valence-corrected chi connectivity index (χ0v) is 17.9. The molecule has 1 amide bonds. The molecule has 1 spiro atoms. The summed E-state index contributed by atoms with van der Waals surface area (Å²) in [5.74, 6) is 0.157. The molecule has 1 aliphatic carbocycles. The Hall–Kier alpha value is -2.09. The third-order valence-corrected chi connectivity index (χ3v) is 7.24. The molecule has 1 saturated heterocycles. The van der Waals surface area contributed by atoms with Crippen molar-refractivity contribution in [1.29, 1.82) is 0 Å². The molecule has 1 atom stereocenters. The maximum Gasteiger partial charge on any atom is 0.261 e. The highest BCUT2D eigenvalue weighted by Gasteiger charge is 2.57. The van der Waals surface area contributed by atoms with Crippen LogP contribution in [0.5, 0.6) is 0 Å². The minimum absolute atomic E-state index is 0. The molecule has 2 aromatic carbocycles. The number of hydrogen-bond acceptors (Lipinski definition) is 4. The quantitative estimate of drug-likeness (QED) is 0.670. The number of hydrogen-bond donors (Lipinski definition) is 3. The summed E-state index contributed by atoms with van der Waals surface area (Å²) in [6.07, 6.45) is 3.09. The molecular weight excluding hydrogens is 410 g/mol. The zero-order chi connectivity index (χ0) is 19.8. The van der Waals surface area contributed by atoms with Gasteiger partial charge in [-0.25, -0.2) is 8.42 Å². The fourth-order valence-corrected chi connectivity index (χ4v) is 5.04. The van der Waals surface area contributed by atoms with E-state index in [9.17, 15) is 13.2 Å². The lowest BCUT2D eigenvalue weighted by atomic mass is 9.92. The summed E-state index contributed by atoms with van der Waals surface area (Å²) < 4.78 is 27.5. The number of amides is 1. The van der Waals surface area contributed by atoms with Gasteiger partial charge < -0.3 is 10.6 Å². The van der Waals surface area contributed by atoms with Gasteiger partial charge in [0.2, 0.25) is 5.91 Å². The van der Waals surface area contributed by atoms with E-state index in [0.717, 1.165) is 37.9 Å². The standard InChI is InChI=1S/C21H25N3O3S.ClH/c1-15-2-8-18(9-3-15)28(26,27)24-17-6-4-16(5-7-17)23-20(25)19-14-21(19)10-12-22-13-11-21;/h2-9,19,22,24H,10-14H2,1H3,(H,23,25);1H. The van der Waals surface area contributed by atoms with E-state index in [1.165, 1.54) is 0 Å². The SMILES string of the molecule is Cc1ccc(S(=O)(=O)Nc2ccc(NC(=O)C3CC34CCNCC4)cc2)cc1.Cl. The monoisotopic (exact) mass is 435 g/mol. The molecule has 0 aromatic heterocycles. The molecule has 0 radical (unpaired) electrons. The van der Waals surface area contributed by atoms with Crippen LogP contribution in [0.2, 0.25) is 0 Å². The lowest BCUT2D eigenvalue weighted by Gasteiger charge is -2.23. The first-order chi connectivity index (χ1) is 13.4. The third-order valence-electron chi connectivity index (χ3n) is 5.84. The van der Waals surface area contributed by atoms with E-state index >= 15 is 0 Å². The van der Waals surface area contributed by atoms with Crippen molar-refractivity contribution in [3.63, 3.8) is 0 Å². The number of carbonyl (C=O) groups excluding carboxylic acids is 1. The van der Waals surface area contributed by atoms with E-state index in [-0.39, 0.29) is 34.5 Å². The molecule has 3 N–H and O–H groups in total. The minimum atomic E-state index is -3.63. The van der Waals surface area contributed by atoms with E-state index in [1.54, 1.807) is 48.5 Å². The number of aryl methyl sites for hydroxylation is 1. The minimum Gasteiger partial charge on any atom is -0.326 e. The zero-order valence-electron chi connectivity index (χ0n) is 16.3. The summed E-state index contributed by atoms with van der Waals surface area (Å²) in [4.78, 5) is 12.8. The van der Waals surface area contributed by atoms with Gasteiger partial charge in [-0.1, -0.05) is 17.7 Å². The average Bonchev–Trinajstić information content (AvgIpc) is 3.37. The van der Waals surface area contributed by atoms with Crippen molar-refractivity contribution in [3.05, 3.63) is 54.1 Å². The van der Waals surface area contributed by atoms with Gasteiger partial charge in [0.1, 0.15) is 0 Å². The normalized spacial score (nSPS) is 19.8. The average molecular weight is 436 g/mol. The van der Waals surface area contributed by atoms with Gasteiger partial charge in [-0.15, -0.1) is 12.4 Å². The van der Waals surface area contributed by atoms with Crippen LogP contribution in [0.1, 0.15) is 24.8 Å². The van der Waals surface area contributed by atoms with Crippen molar-refractivity contribution < 1.29 is 13.2 Å². The Bertz CT molecular complexity index is 969. The third kappa shape index (κ3) is 4.74. The molecule has 6 nitrogen and oxygen atoms in total. The highest BCUT2D eigenvalue weighted by atomic mass is 35.5. The van der Waals surface area contributed by atoms with E-state index < -0.39 is 10.0 Å². The predicted molar refractivity (Wildman–Crippen MR) is 117 cm³/mol. The van der Waals surface area contributed by atoms with Crippen LogP contribution in [-0.4, -0.2) is 27.4 Å². The Balaban J connectivity index is 0.00000240. The Labute approximate surface area is 177 Å². The fourth-order valence-electron chi connectivity index (χ4n) is 3.98. The van der Waals surface area contributed by atoms with Gasteiger partial charge >= 0.3 is 0 Å². The first-order valence-electron chi connectivity index (χ1n) is 9.59. The second-order valence-electron chi connectivity index (χ2n) is 7.85. The topological polar surface area (TPSA) is 87.3 Å². The van der Waals surface area contributed by atoms with Crippen LogP contribution in [0, 0.1) is 18.3 Å². The number of nitrogens with one attached hydrogen (secondary N) is 3. The summed E-state index contributed by atoms with van der Waals surface area (Å²) in [7, 11) is -3.63. The van der Waals surface area contributed by atoms with E-state index in [1.807, 2.05) is 6.92 Å². The number of rotatable bonds is 5. The second kappa shape index (κ2) is 8.34. The van der Waals surface area contributed by atoms with Crippen molar-refractivity contribution in [3.8, 4) is 0 Å². The van der Waals surface area contributed by atoms with Crippen LogP contribution >= 0.6 is 12.4 Å². The van der Waals surface area contributed by atoms with Crippen molar-refractivity contribution in [2.75, 3.05) is 23.1 Å². The van der Waals surface area contributed by atoms with Gasteiger partial charge in [-0.05, 0) is 81.1 Å². The Morgan fingerprint density at radius 2 is 1.59 bits per heavy atom. The van der Waals surface area contributed by atoms with Crippen molar-refractivity contribution in [1.82, 2.24) is 5.32 Å². The van der Waals surface area contributed by atoms with Gasteiger partial charge in [0.15, 0.2) is 0 Å². The van der Waals surface area contributed by atoms with E-state index in [0.29, 0.717) is 11.4 Å². The number of benzene rings is 2. The summed E-state index contributed by atoms with van der Waals surface area (Å²) in [5, 5.41) is 6.31. The summed E-state index contributed by atoms with van der Waals surface area (Å²) in [6.45, 7) is 3.88. The predicted octanol–water partition coefficient (Wildman–Crippen LogP) is 3.55. The van der Waals surface area contributed by atoms with Crippen LogP contribution in [-0.2, 0) is 14.8 Å². The highest BCUT2D eigenvalue weighted by molar-refractivity contribution is 7.92. The van der Waals surface area contributed by atoms with Crippen LogP contribution in [0.4, 0.5) is 11.4 Å². The molecule has 29 heavy (non-hydrogen) atoms. The number of sulfonamides is 1. The molecule has 8 heteroatoms. The number of carbonyl (C=O) groups is 1. The number of halogens is 1. The summed E-state index contributed by atoms with van der Waals surface area (Å²) >= 11 is 0. The molecule has 1 heterocycles. The molecule has 1 unspecified atom stereocenters. The molecule has 4 rings (SSSR count). The highest BCUT2D eigenvalue weighted by Crippen LogP contribution is 2.58. The summed E-state index contributed by atoms with van der Waals surface area (Å²) in [6, 6.07) is 13.5. The van der Waals surface area contributed by atoms with Crippen molar-refractivity contribution in [2.24, 2.45) is 11.3 Å². The smallest absolute Gasteiger partial charge is 0.261 e. The van der Waals surface area contributed by atoms with Gasteiger partial charge in [-0.3, -0.25) is 9.52 Å². The first-order valence-corrected chi connectivity index (χ1v) is 11.1. The molecule has 2 aliphatic rings. The molecular formula is C21H26ClN3O3S. The molecule has 2 aromatic rings. The summed E-state index contributed by atoms with van der Waals surface area (Å²) in [5.41, 5.74) is 2.33. The Morgan fingerprint density at radius 3 is 2.21 bits per heavy atom. The lowest BCUT2D eigenvalue weighted by molar-refractivity contribution is -0.118. The molecule has 2 fully saturated rings. The van der Waals surface area contributed by atoms with E-state index in [2.05, 4.69) is 15.4 Å². The van der Waals surface area contributed by atoms with Gasteiger partial charge in [-0.2, -0.15) is 0 Å². The van der Waals surface area contributed by atoms with Gasteiger partial charge in [0.05, 0.1) is 4.90 Å². The van der Waals surface area contributed by atoms with Gasteiger partial charge in [0, 0.05) is 17.3 Å². The molecule has 1 aliphatic heterocycles. The molecule has 0 bridgehead atoms. The van der Waals surface area contributed by atoms with Gasteiger partial charge in [0.25, 0.3) is 10.0 Å². The first kappa shape index (κ1) is 21.6. The lowest BCUT2D eigenvalue weighted by Crippen LogP contribution is -2.31. The van der Waals surface area contributed by atoms with Crippen molar-refractivity contribution in [2.45, 2.75) is 31.1 Å². The maximum absolute atomic E-state index is 12.5. The Morgan fingerprint density at radius 1 is 1.00 bits per heavy atom. The Kier molecular flexibility index (Phi) is 6.22. The van der Waals surface area contributed by atoms with Crippen LogP contribution in [0.15, 0.2) is 53.4 Å².